The minimum Gasteiger partial charge on any atom is -0.471 e. The molecule has 0 spiro atoms. The maximum atomic E-state index is 12.7. The summed E-state index contributed by atoms with van der Waals surface area (Å²) in [4.78, 5) is 18.9. The van der Waals surface area contributed by atoms with Crippen LogP contribution in [0, 0.1) is 11.3 Å². The maximum Gasteiger partial charge on any atom is 0.232 e. The number of carbonyl (C=O) groups is 1. The molecule has 3 aromatic rings. The fourth-order valence-electron chi connectivity index (χ4n) is 3.46. The highest BCUT2D eigenvalue weighted by Gasteiger charge is 2.27. The van der Waals surface area contributed by atoms with E-state index in [9.17, 15) is 10.1 Å². The topological polar surface area (TPSA) is 66.2 Å². The summed E-state index contributed by atoms with van der Waals surface area (Å²) >= 11 is 6.13. The summed E-state index contributed by atoms with van der Waals surface area (Å²) in [5, 5.41) is 10.1. The van der Waals surface area contributed by atoms with Gasteiger partial charge in [0, 0.05) is 30.3 Å². The Balaban J connectivity index is 1.51. The van der Waals surface area contributed by atoms with Crippen LogP contribution < -0.4 is 9.64 Å². The van der Waals surface area contributed by atoms with Crippen molar-refractivity contribution in [2.24, 2.45) is 0 Å². The smallest absolute Gasteiger partial charge is 0.232 e. The van der Waals surface area contributed by atoms with Crippen LogP contribution in [0.2, 0.25) is 5.02 Å². The zero-order valence-electron chi connectivity index (χ0n) is 15.6. The number of aromatic nitrogens is 1. The summed E-state index contributed by atoms with van der Waals surface area (Å²) in [6.45, 7) is 1.36. The van der Waals surface area contributed by atoms with Crippen LogP contribution in [0.1, 0.15) is 27.9 Å². The molecule has 0 radical (unpaired) electrons. The molecule has 2 heterocycles. The van der Waals surface area contributed by atoms with E-state index < -0.39 is 0 Å². The Morgan fingerprint density at radius 3 is 2.72 bits per heavy atom. The second-order valence-corrected chi connectivity index (χ2v) is 7.21. The molecule has 1 fully saturated rings. The van der Waals surface area contributed by atoms with Crippen molar-refractivity contribution in [3.63, 3.8) is 0 Å². The van der Waals surface area contributed by atoms with E-state index >= 15 is 0 Å². The van der Waals surface area contributed by atoms with Crippen LogP contribution in [-0.2, 0) is 0 Å². The molecule has 0 saturated carbocycles. The Morgan fingerprint density at radius 2 is 1.97 bits per heavy atom. The maximum absolute atomic E-state index is 12.7. The highest BCUT2D eigenvalue weighted by atomic mass is 35.5. The first-order chi connectivity index (χ1) is 14.2. The van der Waals surface area contributed by atoms with Gasteiger partial charge in [-0.25, -0.2) is 4.98 Å². The highest BCUT2D eigenvalue weighted by Crippen LogP contribution is 2.29. The third kappa shape index (κ3) is 4.08. The molecule has 1 saturated heterocycles. The van der Waals surface area contributed by atoms with Crippen LogP contribution >= 0.6 is 11.6 Å². The molecule has 1 aliphatic rings. The molecular formula is C23H18ClN3O2. The van der Waals surface area contributed by atoms with Gasteiger partial charge in [-0.05, 0) is 30.3 Å². The number of rotatable bonds is 5. The van der Waals surface area contributed by atoms with Crippen molar-refractivity contribution in [3.8, 4) is 11.9 Å². The van der Waals surface area contributed by atoms with Gasteiger partial charge in [0.2, 0.25) is 5.88 Å². The van der Waals surface area contributed by atoms with Crippen LogP contribution in [-0.4, -0.2) is 30.0 Å². The lowest BCUT2D eigenvalue weighted by Crippen LogP contribution is -2.25. The Labute approximate surface area is 174 Å². The van der Waals surface area contributed by atoms with E-state index in [1.807, 2.05) is 24.3 Å². The van der Waals surface area contributed by atoms with Crippen molar-refractivity contribution >= 4 is 23.1 Å². The lowest BCUT2D eigenvalue weighted by atomic mass is 10.0. The molecule has 1 aromatic heterocycles. The highest BCUT2D eigenvalue weighted by molar-refractivity contribution is 6.31. The fraction of sp³-hybridized carbons (Fsp3) is 0.174. The standard InChI is InChI=1S/C23H18ClN3O2/c24-20-7-4-11-26-23(20)29-19-10-12-27(15-19)21-9-8-17(13-18(21)14-25)22(28)16-5-2-1-3-6-16/h1-9,11,13,19H,10,12,15H2. The van der Waals surface area contributed by atoms with Crippen LogP contribution in [0.3, 0.4) is 0 Å². The van der Waals surface area contributed by atoms with Gasteiger partial charge in [-0.15, -0.1) is 0 Å². The van der Waals surface area contributed by atoms with Gasteiger partial charge in [-0.3, -0.25) is 4.79 Å². The molecule has 6 heteroatoms. The minimum atomic E-state index is -0.0962. The second kappa shape index (κ2) is 8.34. The molecule has 4 rings (SSSR count). The number of nitrogens with zero attached hydrogens (tertiary/aromatic N) is 3. The number of pyridine rings is 1. The molecule has 1 atom stereocenters. The molecule has 5 nitrogen and oxygen atoms in total. The van der Waals surface area contributed by atoms with Gasteiger partial charge in [0.15, 0.2) is 5.78 Å². The summed E-state index contributed by atoms with van der Waals surface area (Å²) in [6.07, 6.45) is 2.37. The van der Waals surface area contributed by atoms with E-state index in [-0.39, 0.29) is 11.9 Å². The number of anilines is 1. The second-order valence-electron chi connectivity index (χ2n) is 6.80. The summed E-state index contributed by atoms with van der Waals surface area (Å²) < 4.78 is 5.93. The number of carbonyl (C=O) groups excluding carboxylic acids is 1. The van der Waals surface area contributed by atoms with Gasteiger partial charge < -0.3 is 9.64 Å². The molecule has 0 N–H and O–H groups in total. The molecule has 29 heavy (non-hydrogen) atoms. The zero-order valence-corrected chi connectivity index (χ0v) is 16.3. The largest absolute Gasteiger partial charge is 0.471 e. The molecule has 1 aliphatic heterocycles. The molecule has 2 aromatic carbocycles. The summed E-state index contributed by atoms with van der Waals surface area (Å²) in [5.41, 5.74) is 2.38. The van der Waals surface area contributed by atoms with Crippen LogP contribution in [0.15, 0.2) is 66.9 Å². The van der Waals surface area contributed by atoms with Crippen molar-refractivity contribution in [1.82, 2.24) is 4.98 Å². The number of hydrogen-bond acceptors (Lipinski definition) is 5. The lowest BCUT2D eigenvalue weighted by molar-refractivity contribution is 0.103. The third-order valence-electron chi connectivity index (χ3n) is 4.90. The number of halogens is 1. The van der Waals surface area contributed by atoms with Gasteiger partial charge in [-0.1, -0.05) is 41.9 Å². The van der Waals surface area contributed by atoms with Gasteiger partial charge in [0.25, 0.3) is 0 Å². The third-order valence-corrected chi connectivity index (χ3v) is 5.19. The first kappa shape index (κ1) is 19.0. The molecule has 144 valence electrons. The van der Waals surface area contributed by atoms with Crippen molar-refractivity contribution < 1.29 is 9.53 Å². The number of hydrogen-bond donors (Lipinski definition) is 0. The van der Waals surface area contributed by atoms with E-state index in [1.165, 1.54) is 0 Å². The van der Waals surface area contributed by atoms with Gasteiger partial charge in [0.05, 0.1) is 17.8 Å². The number of nitriles is 1. The normalized spacial score (nSPS) is 15.7. The molecule has 0 amide bonds. The van der Waals surface area contributed by atoms with Crippen molar-refractivity contribution in [2.75, 3.05) is 18.0 Å². The number of ether oxygens (including phenoxy) is 1. The Kier molecular flexibility index (Phi) is 5.46. The minimum absolute atomic E-state index is 0.0698. The fourth-order valence-corrected chi connectivity index (χ4v) is 3.62. The lowest BCUT2D eigenvalue weighted by Gasteiger charge is -2.20. The molecule has 1 unspecified atom stereocenters. The zero-order chi connectivity index (χ0) is 20.2. The molecule has 0 aliphatic carbocycles. The van der Waals surface area contributed by atoms with E-state index in [4.69, 9.17) is 16.3 Å². The monoisotopic (exact) mass is 403 g/mol. The average molecular weight is 404 g/mol. The first-order valence-corrected chi connectivity index (χ1v) is 9.69. The SMILES string of the molecule is N#Cc1cc(C(=O)c2ccccc2)ccc1N1CCC(Oc2ncccc2Cl)C1. The summed E-state index contributed by atoms with van der Waals surface area (Å²) in [6, 6.07) is 20.1. The average Bonchev–Trinajstić information content (AvgIpc) is 3.23. The van der Waals surface area contributed by atoms with Crippen molar-refractivity contribution in [1.29, 1.82) is 5.26 Å². The quantitative estimate of drug-likeness (QED) is 0.587. The Morgan fingerprint density at radius 1 is 1.14 bits per heavy atom. The summed E-state index contributed by atoms with van der Waals surface area (Å²) in [5.74, 6) is 0.325. The predicted molar refractivity (Wildman–Crippen MR) is 112 cm³/mol. The van der Waals surface area contributed by atoms with Crippen molar-refractivity contribution in [3.05, 3.63) is 88.6 Å². The van der Waals surface area contributed by atoms with E-state index in [1.54, 1.807) is 42.6 Å². The molecule has 0 bridgehead atoms. The van der Waals surface area contributed by atoms with E-state index in [2.05, 4.69) is 16.0 Å². The number of benzene rings is 2. The van der Waals surface area contributed by atoms with Crippen LogP contribution in [0.25, 0.3) is 0 Å². The van der Waals surface area contributed by atoms with Gasteiger partial charge >= 0.3 is 0 Å². The van der Waals surface area contributed by atoms with Gasteiger partial charge in [0.1, 0.15) is 17.2 Å². The van der Waals surface area contributed by atoms with Gasteiger partial charge in [-0.2, -0.15) is 5.26 Å². The first-order valence-electron chi connectivity index (χ1n) is 9.31. The van der Waals surface area contributed by atoms with Crippen molar-refractivity contribution in [2.45, 2.75) is 12.5 Å². The summed E-state index contributed by atoms with van der Waals surface area (Å²) in [7, 11) is 0. The predicted octanol–water partition coefficient (Wildman–Crippen LogP) is 4.50. The molecular weight excluding hydrogens is 386 g/mol. The number of ketones is 1. The van der Waals surface area contributed by atoms with Crippen LogP contribution in [0.5, 0.6) is 5.88 Å². The van der Waals surface area contributed by atoms with E-state index in [0.29, 0.717) is 34.1 Å². The van der Waals surface area contributed by atoms with E-state index in [0.717, 1.165) is 18.7 Å². The Bertz CT molecular complexity index is 1080. The van der Waals surface area contributed by atoms with Crippen LogP contribution in [0.4, 0.5) is 5.69 Å². The Hall–Kier alpha value is -3.36.